The first-order chi connectivity index (χ1) is 12.8. The lowest BCUT2D eigenvalue weighted by Gasteiger charge is -2.32. The van der Waals surface area contributed by atoms with E-state index in [0.29, 0.717) is 12.6 Å². The van der Waals surface area contributed by atoms with Gasteiger partial charge in [-0.05, 0) is 24.3 Å². The number of aliphatic imine (C=N–C) groups is 1. The van der Waals surface area contributed by atoms with Crippen LogP contribution in [0.5, 0.6) is 0 Å². The van der Waals surface area contributed by atoms with Gasteiger partial charge in [0.25, 0.3) is 5.91 Å². The van der Waals surface area contributed by atoms with Crippen LogP contribution in [0.4, 0.5) is 0 Å². The Morgan fingerprint density at radius 1 is 1.31 bits per heavy atom. The van der Waals surface area contributed by atoms with Gasteiger partial charge >= 0.3 is 0 Å². The van der Waals surface area contributed by atoms with Crippen LogP contribution in [0.3, 0.4) is 0 Å². The molecule has 2 aliphatic rings. The number of amides is 1. The first kappa shape index (κ1) is 19.1. The van der Waals surface area contributed by atoms with Crippen LogP contribution in [0.1, 0.15) is 22.5 Å². The highest BCUT2D eigenvalue weighted by Gasteiger charge is 2.30. The van der Waals surface area contributed by atoms with Crippen molar-refractivity contribution in [2.75, 3.05) is 59.5 Å². The average molecular weight is 380 g/mol. The Morgan fingerprint density at radius 2 is 2.12 bits per heavy atom. The molecule has 1 atom stereocenters. The van der Waals surface area contributed by atoms with Gasteiger partial charge in [0, 0.05) is 52.4 Å². The zero-order chi connectivity index (χ0) is 18.2. The fraction of sp³-hybridized carbons (Fsp3) is 0.667. The third-order valence-electron chi connectivity index (χ3n) is 4.90. The van der Waals surface area contributed by atoms with Crippen LogP contribution >= 0.6 is 11.3 Å². The van der Waals surface area contributed by atoms with Crippen LogP contribution in [0.2, 0.25) is 0 Å². The predicted molar refractivity (Wildman–Crippen MR) is 105 cm³/mol. The maximum atomic E-state index is 11.9. The van der Waals surface area contributed by atoms with E-state index in [1.807, 2.05) is 24.6 Å². The highest BCUT2D eigenvalue weighted by molar-refractivity contribution is 7.12. The first-order valence-corrected chi connectivity index (χ1v) is 10.2. The fourth-order valence-corrected chi connectivity index (χ4v) is 4.13. The highest BCUT2D eigenvalue weighted by Crippen LogP contribution is 2.17. The van der Waals surface area contributed by atoms with Crippen molar-refractivity contribution in [1.82, 2.24) is 20.4 Å². The first-order valence-electron chi connectivity index (χ1n) is 9.37. The van der Waals surface area contributed by atoms with Crippen LogP contribution in [0, 0.1) is 0 Å². The van der Waals surface area contributed by atoms with Gasteiger partial charge in [0.1, 0.15) is 0 Å². The standard InChI is InChI=1S/C18H29N5O2S/c1-19-18(21-7-3-6-20-17(24)16-4-2-13-26-16)23-8-5-15(14-23)22-9-11-25-12-10-22/h2,4,13,15H,3,5-12,14H2,1H3,(H,19,21)(H,20,24). The molecule has 0 aliphatic carbocycles. The molecule has 1 aromatic heterocycles. The third kappa shape index (κ3) is 5.18. The minimum Gasteiger partial charge on any atom is -0.379 e. The Labute approximate surface area is 159 Å². The lowest BCUT2D eigenvalue weighted by atomic mass is 10.2. The van der Waals surface area contributed by atoms with E-state index in [0.717, 1.165) is 63.2 Å². The second-order valence-electron chi connectivity index (χ2n) is 6.60. The van der Waals surface area contributed by atoms with Crippen LogP contribution in [0.15, 0.2) is 22.5 Å². The Balaban J connectivity index is 1.34. The molecule has 2 aliphatic heterocycles. The number of hydrogen-bond acceptors (Lipinski definition) is 5. The molecule has 1 unspecified atom stereocenters. The molecule has 3 heterocycles. The lowest BCUT2D eigenvalue weighted by Crippen LogP contribution is -2.47. The summed E-state index contributed by atoms with van der Waals surface area (Å²) in [6.07, 6.45) is 2.05. The third-order valence-corrected chi connectivity index (χ3v) is 5.77. The van der Waals surface area contributed by atoms with Gasteiger partial charge < -0.3 is 20.3 Å². The number of carbonyl (C=O) groups is 1. The van der Waals surface area contributed by atoms with E-state index in [1.165, 1.54) is 17.8 Å². The van der Waals surface area contributed by atoms with Crippen LogP contribution < -0.4 is 10.6 Å². The normalized spacial score (nSPS) is 21.8. The van der Waals surface area contributed by atoms with Crippen molar-refractivity contribution >= 4 is 23.2 Å². The molecule has 0 bridgehead atoms. The van der Waals surface area contributed by atoms with Gasteiger partial charge in [-0.3, -0.25) is 14.7 Å². The number of guanidine groups is 1. The Morgan fingerprint density at radius 3 is 2.85 bits per heavy atom. The van der Waals surface area contributed by atoms with Crippen molar-refractivity contribution in [3.8, 4) is 0 Å². The summed E-state index contributed by atoms with van der Waals surface area (Å²) in [5, 5.41) is 8.30. The van der Waals surface area contributed by atoms with E-state index in [1.54, 1.807) is 0 Å². The molecule has 3 rings (SSSR count). The van der Waals surface area contributed by atoms with Gasteiger partial charge in [0.15, 0.2) is 5.96 Å². The summed E-state index contributed by atoms with van der Waals surface area (Å²) in [4.78, 5) is 22.0. The number of hydrogen-bond donors (Lipinski definition) is 2. The number of nitrogens with zero attached hydrogens (tertiary/aromatic N) is 3. The van der Waals surface area contributed by atoms with E-state index >= 15 is 0 Å². The molecule has 2 saturated heterocycles. The summed E-state index contributed by atoms with van der Waals surface area (Å²) in [5.41, 5.74) is 0. The number of carbonyl (C=O) groups excluding carboxylic acids is 1. The molecule has 2 N–H and O–H groups in total. The van der Waals surface area contributed by atoms with Crippen LogP contribution in [-0.4, -0.2) is 87.2 Å². The largest absolute Gasteiger partial charge is 0.379 e. The molecular weight excluding hydrogens is 350 g/mol. The van der Waals surface area contributed by atoms with Gasteiger partial charge in [0.05, 0.1) is 18.1 Å². The Bertz CT molecular complexity index is 586. The molecule has 7 nitrogen and oxygen atoms in total. The smallest absolute Gasteiger partial charge is 0.261 e. The second kappa shape index (κ2) is 9.89. The van der Waals surface area contributed by atoms with E-state index in [9.17, 15) is 4.79 Å². The van der Waals surface area contributed by atoms with Gasteiger partial charge in [-0.15, -0.1) is 11.3 Å². The van der Waals surface area contributed by atoms with E-state index in [-0.39, 0.29) is 5.91 Å². The predicted octanol–water partition coefficient (Wildman–Crippen LogP) is 0.850. The quantitative estimate of drug-likeness (QED) is 0.436. The summed E-state index contributed by atoms with van der Waals surface area (Å²) in [7, 11) is 1.84. The molecule has 144 valence electrons. The van der Waals surface area contributed by atoms with Gasteiger partial charge in [-0.25, -0.2) is 0 Å². The molecule has 8 heteroatoms. The van der Waals surface area contributed by atoms with Gasteiger partial charge in [-0.1, -0.05) is 6.07 Å². The van der Waals surface area contributed by atoms with Gasteiger partial charge in [-0.2, -0.15) is 0 Å². The van der Waals surface area contributed by atoms with Crippen molar-refractivity contribution < 1.29 is 9.53 Å². The Kier molecular flexibility index (Phi) is 7.28. The number of morpholine rings is 1. The maximum absolute atomic E-state index is 11.9. The number of likely N-dealkylation sites (tertiary alicyclic amines) is 1. The summed E-state index contributed by atoms with van der Waals surface area (Å²) >= 11 is 1.47. The topological polar surface area (TPSA) is 69.2 Å². The average Bonchev–Trinajstić information content (AvgIpc) is 3.37. The van der Waals surface area contributed by atoms with Gasteiger partial charge in [0.2, 0.25) is 0 Å². The second-order valence-corrected chi connectivity index (χ2v) is 7.55. The lowest BCUT2D eigenvalue weighted by molar-refractivity contribution is 0.0195. The molecule has 0 saturated carbocycles. The fourth-order valence-electron chi connectivity index (χ4n) is 3.49. The molecule has 0 radical (unpaired) electrons. The van der Waals surface area contributed by atoms with Crippen molar-refractivity contribution in [2.45, 2.75) is 18.9 Å². The monoisotopic (exact) mass is 379 g/mol. The summed E-state index contributed by atoms with van der Waals surface area (Å²) in [5.74, 6) is 0.975. The zero-order valence-electron chi connectivity index (χ0n) is 15.4. The van der Waals surface area contributed by atoms with Crippen LogP contribution in [0.25, 0.3) is 0 Å². The summed E-state index contributed by atoms with van der Waals surface area (Å²) < 4.78 is 5.45. The zero-order valence-corrected chi connectivity index (χ0v) is 16.3. The van der Waals surface area contributed by atoms with E-state index in [4.69, 9.17) is 4.74 Å². The molecule has 26 heavy (non-hydrogen) atoms. The van der Waals surface area contributed by atoms with Crippen LogP contribution in [-0.2, 0) is 4.74 Å². The molecular formula is C18H29N5O2S. The van der Waals surface area contributed by atoms with Crippen molar-refractivity contribution in [1.29, 1.82) is 0 Å². The van der Waals surface area contributed by atoms with Crippen molar-refractivity contribution in [3.05, 3.63) is 22.4 Å². The molecule has 1 amide bonds. The molecule has 0 spiro atoms. The molecule has 0 aromatic carbocycles. The SMILES string of the molecule is CN=C(NCCCNC(=O)c1cccs1)N1CCC(N2CCOCC2)C1. The minimum atomic E-state index is 0.0114. The van der Waals surface area contributed by atoms with Crippen molar-refractivity contribution in [2.24, 2.45) is 4.99 Å². The number of rotatable bonds is 6. The minimum absolute atomic E-state index is 0.0114. The highest BCUT2D eigenvalue weighted by atomic mass is 32.1. The number of ether oxygens (including phenoxy) is 1. The summed E-state index contributed by atoms with van der Waals surface area (Å²) in [6.45, 7) is 7.29. The number of nitrogens with one attached hydrogen (secondary N) is 2. The number of thiophene rings is 1. The maximum Gasteiger partial charge on any atom is 0.261 e. The molecule has 1 aromatic rings. The Hall–Kier alpha value is -1.64. The summed E-state index contributed by atoms with van der Waals surface area (Å²) in [6, 6.07) is 4.34. The van der Waals surface area contributed by atoms with E-state index < -0.39 is 0 Å². The van der Waals surface area contributed by atoms with E-state index in [2.05, 4.69) is 25.4 Å². The molecule has 2 fully saturated rings. The van der Waals surface area contributed by atoms with Crippen molar-refractivity contribution in [3.63, 3.8) is 0 Å².